The van der Waals surface area contributed by atoms with Crippen LogP contribution in [0, 0.1) is 0 Å². The first-order chi connectivity index (χ1) is 9.53. The van der Waals surface area contributed by atoms with Crippen LogP contribution in [0.3, 0.4) is 0 Å². The van der Waals surface area contributed by atoms with Crippen LogP contribution in [0.1, 0.15) is 59.7 Å². The molecule has 3 nitrogen and oxygen atoms in total. The van der Waals surface area contributed by atoms with Gasteiger partial charge < -0.3 is 9.31 Å². The Balaban J connectivity index is 2.21. The summed E-state index contributed by atoms with van der Waals surface area (Å²) in [6, 6.07) is 4.10. The summed E-state index contributed by atoms with van der Waals surface area (Å²) in [5.41, 5.74) is 1.64. The van der Waals surface area contributed by atoms with Gasteiger partial charge in [0.2, 0.25) is 0 Å². The molecule has 21 heavy (non-hydrogen) atoms. The van der Waals surface area contributed by atoms with Crippen molar-refractivity contribution in [3.8, 4) is 0 Å². The van der Waals surface area contributed by atoms with Crippen LogP contribution in [0.2, 0.25) is 0 Å². The molecule has 1 fully saturated rings. The molecule has 2 rings (SSSR count). The molecule has 2 heterocycles. The van der Waals surface area contributed by atoms with Crippen molar-refractivity contribution < 1.29 is 9.31 Å². The van der Waals surface area contributed by atoms with Gasteiger partial charge in [-0.2, -0.15) is 0 Å². The zero-order chi connectivity index (χ0) is 15.9. The topological polar surface area (TPSA) is 31.4 Å². The van der Waals surface area contributed by atoms with Crippen molar-refractivity contribution in [1.82, 2.24) is 4.98 Å². The number of rotatable bonds is 2. The van der Waals surface area contributed by atoms with E-state index in [0.717, 1.165) is 5.69 Å². The lowest BCUT2D eigenvalue weighted by molar-refractivity contribution is 0.00578. The second-order valence-corrected chi connectivity index (χ2v) is 7.67. The van der Waals surface area contributed by atoms with Gasteiger partial charge >= 0.3 is 7.12 Å². The molecule has 0 bridgehead atoms. The number of hydrogen-bond donors (Lipinski definition) is 0. The Morgan fingerprint density at radius 3 is 2.19 bits per heavy atom. The summed E-state index contributed by atoms with van der Waals surface area (Å²) < 4.78 is 11.9. The second-order valence-electron chi connectivity index (χ2n) is 7.67. The Hall–Kier alpha value is -1.13. The molecule has 4 heteroatoms. The first-order valence-corrected chi connectivity index (χ1v) is 7.52. The highest BCUT2D eigenvalue weighted by Crippen LogP contribution is 2.37. The summed E-state index contributed by atoms with van der Waals surface area (Å²) in [4.78, 5) is 4.48. The van der Waals surface area contributed by atoms with Gasteiger partial charge in [-0.1, -0.05) is 32.8 Å². The lowest BCUT2D eigenvalue weighted by Crippen LogP contribution is -2.41. The minimum absolute atomic E-state index is 0.0594. The van der Waals surface area contributed by atoms with Crippen molar-refractivity contribution in [2.45, 2.75) is 65.1 Å². The molecule has 0 unspecified atom stereocenters. The maximum atomic E-state index is 5.97. The molecule has 1 aromatic rings. The van der Waals surface area contributed by atoms with E-state index in [2.05, 4.69) is 59.5 Å². The minimum atomic E-state index is -0.329. The van der Waals surface area contributed by atoms with E-state index in [9.17, 15) is 0 Å². The second kappa shape index (κ2) is 5.26. The highest BCUT2D eigenvalue weighted by Gasteiger charge is 2.50. The van der Waals surface area contributed by atoms with Crippen molar-refractivity contribution in [3.63, 3.8) is 0 Å². The Bertz CT molecular complexity index is 528. The lowest BCUT2D eigenvalue weighted by Gasteiger charge is -2.32. The molecule has 0 spiro atoms. The third kappa shape index (κ3) is 3.38. The van der Waals surface area contributed by atoms with Crippen LogP contribution in [-0.4, -0.2) is 23.3 Å². The molecule has 1 aliphatic rings. The Morgan fingerprint density at radius 2 is 1.67 bits per heavy atom. The van der Waals surface area contributed by atoms with Gasteiger partial charge in [-0.05, 0) is 50.8 Å². The maximum absolute atomic E-state index is 5.97. The summed E-state index contributed by atoms with van der Waals surface area (Å²) in [6.45, 7) is 14.8. The normalized spacial score (nSPS) is 21.2. The van der Waals surface area contributed by atoms with Crippen molar-refractivity contribution in [2.75, 3.05) is 0 Å². The van der Waals surface area contributed by atoms with Gasteiger partial charge in [0, 0.05) is 6.20 Å². The fraction of sp³-hybridized carbons (Fsp3) is 0.588. The smallest absolute Gasteiger partial charge is 0.400 e. The molecule has 1 saturated heterocycles. The quantitative estimate of drug-likeness (QED) is 0.770. The van der Waals surface area contributed by atoms with E-state index < -0.39 is 0 Å². The molecule has 0 saturated carbocycles. The first-order valence-electron chi connectivity index (χ1n) is 7.52. The van der Waals surface area contributed by atoms with Gasteiger partial charge in [-0.3, -0.25) is 4.98 Å². The first kappa shape index (κ1) is 16.2. The number of aromatic nitrogens is 1. The monoisotopic (exact) mass is 287 g/mol. The molecular weight excluding hydrogens is 261 g/mol. The van der Waals surface area contributed by atoms with Crippen molar-refractivity contribution in [1.29, 1.82) is 0 Å². The highest BCUT2D eigenvalue weighted by molar-refractivity contribution is 6.52. The molecule has 0 aliphatic carbocycles. The SMILES string of the molecule is CC(C)(C)c1cccnc1/C=C/B1OC(C)(C)C(C)(C)O1. The van der Waals surface area contributed by atoms with Crippen LogP contribution >= 0.6 is 0 Å². The number of hydrogen-bond acceptors (Lipinski definition) is 3. The Labute approximate surface area is 128 Å². The Kier molecular flexibility index (Phi) is 4.07. The molecular formula is C17H26BNO2. The summed E-state index contributed by atoms with van der Waals surface area (Å²) in [5.74, 6) is 1.95. The molecule has 0 amide bonds. The highest BCUT2D eigenvalue weighted by atomic mass is 16.7. The maximum Gasteiger partial charge on any atom is 0.487 e. The van der Waals surface area contributed by atoms with Gasteiger partial charge in [-0.15, -0.1) is 0 Å². The average molecular weight is 287 g/mol. The third-order valence-electron chi connectivity index (χ3n) is 4.33. The molecule has 0 N–H and O–H groups in total. The van der Waals surface area contributed by atoms with E-state index in [4.69, 9.17) is 9.31 Å². The zero-order valence-electron chi connectivity index (χ0n) is 14.2. The van der Waals surface area contributed by atoms with Crippen molar-refractivity contribution in [2.24, 2.45) is 0 Å². The zero-order valence-corrected chi connectivity index (χ0v) is 14.2. The molecule has 0 atom stereocenters. The van der Waals surface area contributed by atoms with Crippen LogP contribution in [0.4, 0.5) is 0 Å². The minimum Gasteiger partial charge on any atom is -0.400 e. The van der Waals surface area contributed by atoms with E-state index in [1.807, 2.05) is 24.3 Å². The summed E-state index contributed by atoms with van der Waals surface area (Å²) in [5, 5.41) is 0. The third-order valence-corrected chi connectivity index (χ3v) is 4.33. The standard InChI is InChI=1S/C17H26BNO2/c1-15(2,3)13-9-8-12-19-14(13)10-11-18-20-16(4,5)17(6,7)21-18/h8-12H,1-7H3/b11-10+. The molecule has 1 aliphatic heterocycles. The fourth-order valence-electron chi connectivity index (χ4n) is 2.32. The van der Waals surface area contributed by atoms with E-state index in [1.165, 1.54) is 5.56 Å². The number of pyridine rings is 1. The van der Waals surface area contributed by atoms with Crippen LogP contribution < -0.4 is 0 Å². The molecule has 0 aromatic carbocycles. The van der Waals surface area contributed by atoms with Crippen LogP contribution in [0.5, 0.6) is 0 Å². The predicted octanol–water partition coefficient (Wildman–Crippen LogP) is 4.02. The summed E-state index contributed by atoms with van der Waals surface area (Å²) >= 11 is 0. The van der Waals surface area contributed by atoms with Gasteiger partial charge in [0.1, 0.15) is 0 Å². The molecule has 1 aromatic heterocycles. The summed E-state index contributed by atoms with van der Waals surface area (Å²) in [6.07, 6.45) is 3.82. The lowest BCUT2D eigenvalue weighted by atomic mass is 9.84. The van der Waals surface area contributed by atoms with Crippen molar-refractivity contribution >= 4 is 13.2 Å². The van der Waals surface area contributed by atoms with Gasteiger partial charge in [0.25, 0.3) is 0 Å². The van der Waals surface area contributed by atoms with E-state index in [1.54, 1.807) is 0 Å². The Morgan fingerprint density at radius 1 is 1.10 bits per heavy atom. The van der Waals surface area contributed by atoms with Gasteiger partial charge in [-0.25, -0.2) is 0 Å². The van der Waals surface area contributed by atoms with E-state index in [0.29, 0.717) is 0 Å². The largest absolute Gasteiger partial charge is 0.487 e. The fourth-order valence-corrected chi connectivity index (χ4v) is 2.32. The van der Waals surface area contributed by atoms with Crippen LogP contribution in [-0.2, 0) is 14.7 Å². The number of nitrogens with zero attached hydrogens (tertiary/aromatic N) is 1. The molecule has 114 valence electrons. The van der Waals surface area contributed by atoms with Crippen LogP contribution in [0.25, 0.3) is 6.08 Å². The van der Waals surface area contributed by atoms with Gasteiger partial charge in [0.05, 0.1) is 16.9 Å². The molecule has 0 radical (unpaired) electrons. The van der Waals surface area contributed by atoms with Crippen molar-refractivity contribution in [3.05, 3.63) is 35.6 Å². The summed E-state index contributed by atoms with van der Waals surface area (Å²) in [7, 11) is -0.329. The van der Waals surface area contributed by atoms with Crippen LogP contribution in [0.15, 0.2) is 24.3 Å². The van der Waals surface area contributed by atoms with E-state index in [-0.39, 0.29) is 23.7 Å². The van der Waals surface area contributed by atoms with E-state index >= 15 is 0 Å². The average Bonchev–Trinajstić information content (AvgIpc) is 2.54. The van der Waals surface area contributed by atoms with Gasteiger partial charge in [0.15, 0.2) is 0 Å². The predicted molar refractivity (Wildman–Crippen MR) is 88.1 cm³/mol.